The number of carbonyl (C=O) groups excluding carboxylic acids is 1. The Kier molecular flexibility index (Phi) is 5.78. The van der Waals surface area contributed by atoms with Crippen LogP contribution in [-0.2, 0) is 17.8 Å². The number of amides is 1. The summed E-state index contributed by atoms with van der Waals surface area (Å²) >= 11 is 0. The summed E-state index contributed by atoms with van der Waals surface area (Å²) in [5, 5.41) is 2.46. The second-order valence-corrected chi connectivity index (χ2v) is 9.42. The average molecular weight is 398 g/mol. The van der Waals surface area contributed by atoms with Crippen molar-refractivity contribution in [1.82, 2.24) is 15.3 Å². The molecular formula is C24H35N3O2. The van der Waals surface area contributed by atoms with Gasteiger partial charge in [-0.3, -0.25) is 10.2 Å². The molecule has 29 heavy (non-hydrogen) atoms. The second kappa shape index (κ2) is 8.65. The van der Waals surface area contributed by atoms with Crippen LogP contribution in [0.25, 0.3) is 0 Å². The Morgan fingerprint density at radius 1 is 0.931 bits per heavy atom. The van der Waals surface area contributed by atoms with E-state index < -0.39 is 0 Å². The van der Waals surface area contributed by atoms with E-state index in [1.807, 2.05) is 0 Å². The van der Waals surface area contributed by atoms with Crippen molar-refractivity contribution in [3.63, 3.8) is 0 Å². The molecule has 0 aromatic heterocycles. The lowest BCUT2D eigenvalue weighted by Crippen LogP contribution is -2.48. The highest BCUT2D eigenvalue weighted by Gasteiger charge is 2.31. The Balaban J connectivity index is 1.14. The maximum absolute atomic E-state index is 12.6. The van der Waals surface area contributed by atoms with E-state index in [4.69, 9.17) is 4.74 Å². The van der Waals surface area contributed by atoms with Gasteiger partial charge in [0.1, 0.15) is 11.9 Å². The van der Waals surface area contributed by atoms with Crippen LogP contribution in [0.5, 0.6) is 5.75 Å². The fourth-order valence-electron chi connectivity index (χ4n) is 5.41. The van der Waals surface area contributed by atoms with Crippen LogP contribution in [-0.4, -0.2) is 47.6 Å². The molecule has 5 nitrogen and oxygen atoms in total. The molecule has 158 valence electrons. The Hall–Kier alpha value is -1.59. The molecule has 4 aliphatic rings. The third-order valence-electron chi connectivity index (χ3n) is 7.55. The first kappa shape index (κ1) is 19.4. The third-order valence-corrected chi connectivity index (χ3v) is 7.55. The van der Waals surface area contributed by atoms with Gasteiger partial charge in [0.25, 0.3) is 0 Å². The van der Waals surface area contributed by atoms with E-state index in [9.17, 15) is 4.79 Å². The van der Waals surface area contributed by atoms with E-state index in [-0.39, 0.29) is 6.10 Å². The van der Waals surface area contributed by atoms with Gasteiger partial charge in [-0.05, 0) is 55.4 Å². The molecule has 1 N–H and O–H groups in total. The monoisotopic (exact) mass is 397 g/mol. The molecule has 0 radical (unpaired) electrons. The van der Waals surface area contributed by atoms with Gasteiger partial charge in [-0.25, -0.2) is 5.01 Å². The smallest absolute Gasteiger partial charge is 0.225 e. The first-order valence-corrected chi connectivity index (χ1v) is 11.8. The van der Waals surface area contributed by atoms with E-state index in [1.165, 1.54) is 43.2 Å². The summed E-state index contributed by atoms with van der Waals surface area (Å²) in [6, 6.07) is 7.37. The van der Waals surface area contributed by atoms with Crippen molar-refractivity contribution in [3.05, 3.63) is 29.3 Å². The normalized spacial score (nSPS) is 24.8. The molecule has 0 spiro atoms. The summed E-state index contributed by atoms with van der Waals surface area (Å²) in [6.45, 7) is 3.72. The van der Waals surface area contributed by atoms with Crippen molar-refractivity contribution in [2.45, 2.75) is 82.9 Å². The molecule has 2 aliphatic carbocycles. The molecule has 1 aromatic carbocycles. The topological polar surface area (TPSA) is 44.8 Å². The van der Waals surface area contributed by atoms with Crippen molar-refractivity contribution >= 4 is 5.91 Å². The number of fused-ring (bicyclic) bond motifs is 1. The number of hydrogen-bond acceptors (Lipinski definition) is 4. The minimum atomic E-state index is 0.232. The van der Waals surface area contributed by atoms with Crippen LogP contribution in [0.1, 0.15) is 68.9 Å². The van der Waals surface area contributed by atoms with Gasteiger partial charge in [0, 0.05) is 51.0 Å². The fourth-order valence-corrected chi connectivity index (χ4v) is 5.41. The number of piperidine rings is 1. The first-order chi connectivity index (χ1) is 14.3. The Morgan fingerprint density at radius 3 is 2.45 bits per heavy atom. The van der Waals surface area contributed by atoms with E-state index in [0.29, 0.717) is 11.8 Å². The third kappa shape index (κ3) is 4.31. The SMILES string of the molecule is O=C(C1CCCC1)N1CCC(Oc2ccc3c(c2)CCN(C2CCC2)NC3)CC1. The number of ether oxygens (including phenoxy) is 1. The number of nitrogens with one attached hydrogen (secondary N) is 1. The summed E-state index contributed by atoms with van der Waals surface area (Å²) in [5.41, 5.74) is 6.46. The van der Waals surface area contributed by atoms with Gasteiger partial charge in [-0.1, -0.05) is 25.3 Å². The molecule has 2 saturated carbocycles. The van der Waals surface area contributed by atoms with Gasteiger partial charge in [-0.15, -0.1) is 0 Å². The molecule has 2 aliphatic heterocycles. The molecule has 1 amide bonds. The highest BCUT2D eigenvalue weighted by atomic mass is 16.5. The molecular weight excluding hydrogens is 362 g/mol. The zero-order valence-corrected chi connectivity index (χ0v) is 17.6. The lowest BCUT2D eigenvalue weighted by molar-refractivity contribution is -0.137. The van der Waals surface area contributed by atoms with Crippen LogP contribution in [0.2, 0.25) is 0 Å². The summed E-state index contributed by atoms with van der Waals surface area (Å²) in [7, 11) is 0. The lowest BCUT2D eigenvalue weighted by atomic mass is 9.92. The zero-order valence-electron chi connectivity index (χ0n) is 17.6. The molecule has 0 atom stereocenters. The standard InChI is InChI=1S/C24H35N3O2/c28-24(18-4-1-2-5-18)26-13-11-22(12-14-26)29-23-9-8-20-17-25-27(21-6-3-7-21)15-10-19(20)16-23/h8-9,16,18,21-22,25H,1-7,10-15,17H2. The Bertz CT molecular complexity index is 719. The molecule has 1 saturated heterocycles. The van der Waals surface area contributed by atoms with Gasteiger partial charge < -0.3 is 9.64 Å². The van der Waals surface area contributed by atoms with E-state index >= 15 is 0 Å². The average Bonchev–Trinajstić information content (AvgIpc) is 3.17. The van der Waals surface area contributed by atoms with Crippen molar-refractivity contribution in [2.24, 2.45) is 5.92 Å². The molecule has 5 rings (SSSR count). The summed E-state index contributed by atoms with van der Waals surface area (Å²) in [6.07, 6.45) is 11.9. The minimum absolute atomic E-state index is 0.232. The maximum Gasteiger partial charge on any atom is 0.225 e. The highest BCUT2D eigenvalue weighted by Crippen LogP contribution is 2.30. The molecule has 5 heteroatoms. The summed E-state index contributed by atoms with van der Waals surface area (Å²) < 4.78 is 6.35. The van der Waals surface area contributed by atoms with E-state index in [0.717, 1.165) is 70.1 Å². The quantitative estimate of drug-likeness (QED) is 0.842. The number of hydrogen-bond donors (Lipinski definition) is 1. The largest absolute Gasteiger partial charge is 0.490 e. The molecule has 1 aromatic rings. The predicted molar refractivity (Wildman–Crippen MR) is 114 cm³/mol. The molecule has 3 fully saturated rings. The summed E-state index contributed by atoms with van der Waals surface area (Å²) in [5.74, 6) is 1.70. The van der Waals surface area contributed by atoms with Gasteiger partial charge in [0.05, 0.1) is 0 Å². The maximum atomic E-state index is 12.6. The molecule has 2 heterocycles. The number of rotatable bonds is 4. The lowest BCUT2D eigenvalue weighted by Gasteiger charge is -2.36. The Morgan fingerprint density at radius 2 is 1.72 bits per heavy atom. The van der Waals surface area contributed by atoms with Crippen LogP contribution in [0.3, 0.4) is 0 Å². The van der Waals surface area contributed by atoms with Crippen LogP contribution in [0.4, 0.5) is 0 Å². The van der Waals surface area contributed by atoms with Gasteiger partial charge in [-0.2, -0.15) is 0 Å². The van der Waals surface area contributed by atoms with Gasteiger partial charge >= 0.3 is 0 Å². The number of benzene rings is 1. The second-order valence-electron chi connectivity index (χ2n) is 9.42. The first-order valence-electron chi connectivity index (χ1n) is 11.8. The highest BCUT2D eigenvalue weighted by molar-refractivity contribution is 5.79. The number of likely N-dealkylation sites (tertiary alicyclic amines) is 1. The van der Waals surface area contributed by atoms with Crippen molar-refractivity contribution in [3.8, 4) is 5.75 Å². The summed E-state index contributed by atoms with van der Waals surface area (Å²) in [4.78, 5) is 14.7. The van der Waals surface area contributed by atoms with Crippen molar-refractivity contribution in [1.29, 1.82) is 0 Å². The number of hydrazine groups is 1. The zero-order chi connectivity index (χ0) is 19.6. The minimum Gasteiger partial charge on any atom is -0.490 e. The van der Waals surface area contributed by atoms with Gasteiger partial charge in [0.2, 0.25) is 5.91 Å². The molecule has 0 bridgehead atoms. The number of carbonyl (C=O) groups is 1. The van der Waals surface area contributed by atoms with Crippen LogP contribution >= 0.6 is 0 Å². The Labute approximate surface area is 174 Å². The van der Waals surface area contributed by atoms with Gasteiger partial charge in [0.15, 0.2) is 0 Å². The number of nitrogens with zero attached hydrogens (tertiary/aromatic N) is 2. The van der Waals surface area contributed by atoms with Crippen molar-refractivity contribution in [2.75, 3.05) is 19.6 Å². The van der Waals surface area contributed by atoms with Crippen LogP contribution in [0.15, 0.2) is 18.2 Å². The predicted octanol–water partition coefficient (Wildman–Crippen LogP) is 3.66. The van der Waals surface area contributed by atoms with Crippen molar-refractivity contribution < 1.29 is 9.53 Å². The van der Waals surface area contributed by atoms with E-state index in [1.54, 1.807) is 0 Å². The van der Waals surface area contributed by atoms with Crippen LogP contribution in [0, 0.1) is 5.92 Å². The molecule has 0 unspecified atom stereocenters. The fraction of sp³-hybridized carbons (Fsp3) is 0.708. The van der Waals surface area contributed by atoms with E-state index in [2.05, 4.69) is 33.5 Å². The van der Waals surface area contributed by atoms with Crippen LogP contribution < -0.4 is 10.2 Å².